The second-order valence-corrected chi connectivity index (χ2v) is 5.98. The number of aliphatic hydroxyl groups is 1. The first-order chi connectivity index (χ1) is 11.5. The molecular formula is C13H10F5O6P. The minimum atomic E-state index is -3.00. The molecule has 2 atom stereocenters. The van der Waals surface area contributed by atoms with Crippen LogP contribution in [0, 0.1) is 35.0 Å². The van der Waals surface area contributed by atoms with Gasteiger partial charge in [-0.2, -0.15) is 0 Å². The van der Waals surface area contributed by atoms with Gasteiger partial charge in [-0.05, 0) is 6.42 Å². The van der Waals surface area contributed by atoms with E-state index in [-0.39, 0.29) is 0 Å². The van der Waals surface area contributed by atoms with Crippen molar-refractivity contribution in [2.24, 2.45) is 5.92 Å². The highest BCUT2D eigenvalue weighted by Gasteiger charge is 2.45. The zero-order valence-corrected chi connectivity index (χ0v) is 13.0. The molecule has 0 amide bonds. The quantitative estimate of drug-likeness (QED) is 0.273. The summed E-state index contributed by atoms with van der Waals surface area (Å²) in [5, 5.41) is 24.7. The van der Waals surface area contributed by atoms with Crippen LogP contribution in [0.4, 0.5) is 22.0 Å². The van der Waals surface area contributed by atoms with Crippen LogP contribution in [0.15, 0.2) is 0 Å². The van der Waals surface area contributed by atoms with Gasteiger partial charge in [-0.25, -0.2) is 22.0 Å². The Balaban J connectivity index is 3.38. The lowest BCUT2D eigenvalue weighted by Crippen LogP contribution is -2.40. The van der Waals surface area contributed by atoms with Crippen molar-refractivity contribution >= 4 is 20.4 Å². The summed E-state index contributed by atoms with van der Waals surface area (Å²) < 4.78 is 77.9. The Morgan fingerprint density at radius 3 is 1.76 bits per heavy atom. The average Bonchev–Trinajstić information content (AvgIpc) is 2.54. The normalized spacial score (nSPS) is 15.0. The van der Waals surface area contributed by atoms with Gasteiger partial charge in [-0.15, -0.1) is 0 Å². The Kier molecular flexibility index (Phi) is 6.55. The molecule has 0 aromatic heterocycles. The predicted octanol–water partition coefficient (Wildman–Crippen LogP) is 2.47. The van der Waals surface area contributed by atoms with E-state index in [0.717, 1.165) is 0 Å². The van der Waals surface area contributed by atoms with Gasteiger partial charge < -0.3 is 15.3 Å². The molecule has 1 aromatic carbocycles. The summed E-state index contributed by atoms with van der Waals surface area (Å²) in [5.41, 5.74) is -1.57. The largest absolute Gasteiger partial charge is 0.481 e. The smallest absolute Gasteiger partial charge is 0.310 e. The van der Waals surface area contributed by atoms with E-state index in [4.69, 9.17) is 10.2 Å². The van der Waals surface area contributed by atoms with E-state index < -0.39 is 85.6 Å². The summed E-state index contributed by atoms with van der Waals surface area (Å²) in [6.45, 7) is 0. The van der Waals surface area contributed by atoms with Crippen molar-refractivity contribution in [2.75, 3.05) is 0 Å². The zero-order chi connectivity index (χ0) is 19.5. The summed E-state index contributed by atoms with van der Waals surface area (Å²) in [6, 6.07) is 0. The van der Waals surface area contributed by atoms with Crippen LogP contribution in [-0.2, 0) is 20.6 Å². The van der Waals surface area contributed by atoms with E-state index in [2.05, 4.69) is 0 Å². The molecule has 0 aliphatic heterocycles. The molecule has 2 unspecified atom stereocenters. The van der Waals surface area contributed by atoms with Gasteiger partial charge in [0, 0.05) is 18.4 Å². The van der Waals surface area contributed by atoms with E-state index in [1.165, 1.54) is 0 Å². The van der Waals surface area contributed by atoms with Gasteiger partial charge in [0.2, 0.25) is 5.82 Å². The molecule has 25 heavy (non-hydrogen) atoms. The number of halogens is 5. The average molecular weight is 388 g/mol. The van der Waals surface area contributed by atoms with Crippen molar-refractivity contribution in [3.63, 3.8) is 0 Å². The highest BCUT2D eigenvalue weighted by Crippen LogP contribution is 2.38. The van der Waals surface area contributed by atoms with Crippen molar-refractivity contribution < 1.29 is 51.4 Å². The molecule has 0 saturated heterocycles. The molecule has 12 heteroatoms. The van der Waals surface area contributed by atoms with Crippen LogP contribution < -0.4 is 0 Å². The number of carboxylic acids is 2. The van der Waals surface area contributed by atoms with E-state index >= 15 is 0 Å². The molecule has 3 N–H and O–H groups in total. The van der Waals surface area contributed by atoms with E-state index in [1.807, 2.05) is 0 Å². The van der Waals surface area contributed by atoms with Gasteiger partial charge in [-0.3, -0.25) is 14.2 Å². The van der Waals surface area contributed by atoms with Gasteiger partial charge in [0.05, 0.1) is 5.92 Å². The lowest BCUT2D eigenvalue weighted by Gasteiger charge is -2.27. The first-order valence-corrected chi connectivity index (χ1v) is 7.29. The molecule has 1 aromatic rings. The summed E-state index contributed by atoms with van der Waals surface area (Å²) >= 11 is 0. The molecule has 1 rings (SSSR count). The third kappa shape index (κ3) is 4.29. The van der Waals surface area contributed by atoms with Crippen LogP contribution in [0.5, 0.6) is 0 Å². The summed E-state index contributed by atoms with van der Waals surface area (Å²) in [6.07, 6.45) is -3.13. The van der Waals surface area contributed by atoms with Crippen molar-refractivity contribution in [3.05, 3.63) is 34.6 Å². The number of hydrogen-bond donors (Lipinski definition) is 3. The molecule has 0 saturated carbocycles. The number of rotatable bonds is 8. The van der Waals surface area contributed by atoms with Gasteiger partial charge in [-0.1, -0.05) is 0 Å². The highest BCUT2D eigenvalue weighted by atomic mass is 31.1. The van der Waals surface area contributed by atoms with Gasteiger partial charge in [0.15, 0.2) is 37.1 Å². The fourth-order valence-electron chi connectivity index (χ4n) is 2.11. The molecule has 0 fully saturated rings. The van der Waals surface area contributed by atoms with Crippen molar-refractivity contribution in [1.82, 2.24) is 0 Å². The number of aliphatic carboxylic acids is 2. The second-order valence-electron chi connectivity index (χ2n) is 5.02. The van der Waals surface area contributed by atoms with Crippen LogP contribution in [0.1, 0.15) is 18.4 Å². The minimum Gasteiger partial charge on any atom is -0.481 e. The first kappa shape index (κ1) is 20.9. The second kappa shape index (κ2) is 7.83. The number of carbonyl (C=O) groups is 2. The summed E-state index contributed by atoms with van der Waals surface area (Å²) in [5.74, 6) is -17.2. The maximum absolute atomic E-state index is 13.7. The maximum Gasteiger partial charge on any atom is 0.310 e. The van der Waals surface area contributed by atoms with Crippen LogP contribution >= 0.6 is 8.46 Å². The summed E-state index contributed by atoms with van der Waals surface area (Å²) in [4.78, 5) is 21.7. The molecular weight excluding hydrogens is 378 g/mol. The number of hydrogen-bond acceptors (Lipinski definition) is 4. The summed E-state index contributed by atoms with van der Waals surface area (Å²) in [7, 11) is -1.40. The van der Waals surface area contributed by atoms with Crippen molar-refractivity contribution in [3.8, 4) is 0 Å². The Labute approximate surface area is 138 Å². The Hall–Kier alpha value is -2.13. The van der Waals surface area contributed by atoms with Crippen LogP contribution in [0.25, 0.3) is 0 Å². The van der Waals surface area contributed by atoms with Crippen molar-refractivity contribution in [1.29, 1.82) is 0 Å². The standard InChI is InChI=1S/C13H10F5O6P/c14-7-4(8(15)10(17)11(18)9(7)16)3-13(23,25-24)5(12(21)22)1-2-6(19)20/h5,23H,1-3H2,(H,19,20)(H,21,22). The van der Waals surface area contributed by atoms with Crippen molar-refractivity contribution in [2.45, 2.75) is 24.6 Å². The third-order valence-corrected chi connectivity index (χ3v) is 4.18. The lowest BCUT2D eigenvalue weighted by molar-refractivity contribution is -0.148. The third-order valence-electron chi connectivity index (χ3n) is 3.40. The Morgan fingerprint density at radius 2 is 1.40 bits per heavy atom. The lowest BCUT2D eigenvalue weighted by atomic mass is 9.90. The molecule has 6 nitrogen and oxygen atoms in total. The van der Waals surface area contributed by atoms with Gasteiger partial charge in [0.25, 0.3) is 0 Å². The van der Waals surface area contributed by atoms with Crippen LogP contribution in [0.2, 0.25) is 0 Å². The molecule has 0 heterocycles. The predicted molar refractivity (Wildman–Crippen MR) is 70.5 cm³/mol. The molecule has 138 valence electrons. The van der Waals surface area contributed by atoms with E-state index in [9.17, 15) is 41.2 Å². The van der Waals surface area contributed by atoms with Gasteiger partial charge in [0.1, 0.15) is 0 Å². The SMILES string of the molecule is O=PC(O)(Cc1c(F)c(F)c(F)c(F)c1F)C(CCC(=O)O)C(=O)O. The Morgan fingerprint density at radius 1 is 0.960 bits per heavy atom. The number of benzene rings is 1. The van der Waals surface area contributed by atoms with E-state index in [0.29, 0.717) is 0 Å². The first-order valence-electron chi connectivity index (χ1n) is 6.48. The highest BCUT2D eigenvalue weighted by molar-refractivity contribution is 7.25. The monoisotopic (exact) mass is 388 g/mol. The fraction of sp³-hybridized carbons (Fsp3) is 0.385. The molecule has 0 aliphatic carbocycles. The van der Waals surface area contributed by atoms with Crippen LogP contribution in [0.3, 0.4) is 0 Å². The van der Waals surface area contributed by atoms with Crippen LogP contribution in [-0.4, -0.2) is 32.6 Å². The minimum absolute atomic E-state index is 0.800. The molecule has 0 aliphatic rings. The Bertz CT molecular complexity index is 698. The topological polar surface area (TPSA) is 112 Å². The number of carboxylic acid groups (broad SMARTS) is 2. The fourth-order valence-corrected chi connectivity index (χ4v) is 2.69. The maximum atomic E-state index is 13.7. The molecule has 0 spiro atoms. The molecule has 0 bridgehead atoms. The van der Waals surface area contributed by atoms with E-state index in [1.54, 1.807) is 0 Å². The van der Waals surface area contributed by atoms with Gasteiger partial charge >= 0.3 is 11.9 Å². The molecule has 0 radical (unpaired) electrons. The zero-order valence-electron chi connectivity index (χ0n) is 12.1.